The second-order valence-electron chi connectivity index (χ2n) is 4.88. The molecular formula is C11H17N3O2. The Kier molecular flexibility index (Phi) is 3.37. The zero-order chi connectivity index (χ0) is 12.3. The van der Waals surface area contributed by atoms with Gasteiger partial charge >= 0.3 is 5.97 Å². The summed E-state index contributed by atoms with van der Waals surface area (Å²) in [6, 6.07) is 1.40. The number of hydrogen-bond donors (Lipinski definition) is 3. The Hall–Kier alpha value is -1.78. The van der Waals surface area contributed by atoms with Crippen LogP contribution < -0.4 is 11.1 Å². The molecule has 16 heavy (non-hydrogen) atoms. The molecule has 0 spiro atoms. The van der Waals surface area contributed by atoms with Crippen LogP contribution >= 0.6 is 0 Å². The van der Waals surface area contributed by atoms with E-state index in [9.17, 15) is 4.79 Å². The van der Waals surface area contributed by atoms with E-state index in [2.05, 4.69) is 31.1 Å². The fourth-order valence-electron chi connectivity index (χ4n) is 1.10. The van der Waals surface area contributed by atoms with Crippen LogP contribution in [-0.4, -0.2) is 22.6 Å². The molecular weight excluding hydrogens is 206 g/mol. The van der Waals surface area contributed by atoms with Crippen LogP contribution in [0.2, 0.25) is 0 Å². The van der Waals surface area contributed by atoms with Crippen LogP contribution in [0.3, 0.4) is 0 Å². The maximum absolute atomic E-state index is 10.7. The van der Waals surface area contributed by atoms with Crippen molar-refractivity contribution in [2.45, 2.75) is 20.8 Å². The van der Waals surface area contributed by atoms with E-state index in [0.717, 1.165) is 6.54 Å². The Bertz CT molecular complexity index is 397. The third-order valence-electron chi connectivity index (χ3n) is 1.95. The summed E-state index contributed by atoms with van der Waals surface area (Å²) in [5, 5.41) is 11.8. The number of aromatic nitrogens is 1. The molecule has 1 rings (SSSR count). The summed E-state index contributed by atoms with van der Waals surface area (Å²) in [4.78, 5) is 14.7. The molecule has 5 nitrogen and oxygen atoms in total. The second-order valence-corrected chi connectivity index (χ2v) is 4.88. The molecule has 4 N–H and O–H groups in total. The lowest BCUT2D eigenvalue weighted by Crippen LogP contribution is -2.20. The topological polar surface area (TPSA) is 88.2 Å². The molecule has 88 valence electrons. The number of rotatable bonds is 3. The highest BCUT2D eigenvalue weighted by molar-refractivity contribution is 5.89. The Morgan fingerprint density at radius 1 is 1.56 bits per heavy atom. The van der Waals surface area contributed by atoms with Crippen molar-refractivity contribution in [1.29, 1.82) is 0 Å². The molecule has 0 saturated heterocycles. The smallest absolute Gasteiger partial charge is 0.337 e. The Morgan fingerprint density at radius 2 is 2.19 bits per heavy atom. The van der Waals surface area contributed by atoms with Crippen LogP contribution in [0.5, 0.6) is 0 Å². The lowest BCUT2D eigenvalue weighted by molar-refractivity contribution is 0.0696. The van der Waals surface area contributed by atoms with E-state index >= 15 is 0 Å². The fourth-order valence-corrected chi connectivity index (χ4v) is 1.10. The number of nitrogens with one attached hydrogen (secondary N) is 1. The summed E-state index contributed by atoms with van der Waals surface area (Å²) < 4.78 is 0. The first-order valence-electron chi connectivity index (χ1n) is 5.02. The van der Waals surface area contributed by atoms with Gasteiger partial charge in [-0.25, -0.2) is 9.78 Å². The molecule has 1 aromatic heterocycles. The van der Waals surface area contributed by atoms with Crippen molar-refractivity contribution >= 4 is 17.5 Å². The number of aromatic carboxylic acids is 1. The highest BCUT2D eigenvalue weighted by atomic mass is 16.4. The molecule has 5 heteroatoms. The average molecular weight is 223 g/mol. The number of nitrogens with zero attached hydrogens (tertiary/aromatic N) is 1. The molecule has 0 amide bonds. The van der Waals surface area contributed by atoms with Crippen LogP contribution in [0, 0.1) is 5.41 Å². The SMILES string of the molecule is CC(C)(C)CNc1ncc(C(=O)O)cc1N. The third kappa shape index (κ3) is 3.42. The number of anilines is 2. The summed E-state index contributed by atoms with van der Waals surface area (Å²) >= 11 is 0. The summed E-state index contributed by atoms with van der Waals surface area (Å²) in [6.07, 6.45) is 1.30. The number of carbonyl (C=O) groups is 1. The number of hydrogen-bond acceptors (Lipinski definition) is 4. The van der Waals surface area contributed by atoms with Gasteiger partial charge < -0.3 is 16.2 Å². The average Bonchev–Trinajstić information content (AvgIpc) is 2.14. The molecule has 0 bridgehead atoms. The van der Waals surface area contributed by atoms with Gasteiger partial charge in [0.1, 0.15) is 5.82 Å². The van der Waals surface area contributed by atoms with Gasteiger partial charge in [0.25, 0.3) is 0 Å². The van der Waals surface area contributed by atoms with Gasteiger partial charge in [-0.1, -0.05) is 20.8 Å². The summed E-state index contributed by atoms with van der Waals surface area (Å²) in [7, 11) is 0. The Balaban J connectivity index is 2.80. The van der Waals surface area contributed by atoms with Crippen LogP contribution in [0.15, 0.2) is 12.3 Å². The minimum absolute atomic E-state index is 0.0961. The number of pyridine rings is 1. The fraction of sp³-hybridized carbons (Fsp3) is 0.455. The van der Waals surface area contributed by atoms with E-state index in [1.807, 2.05) is 0 Å². The maximum atomic E-state index is 10.7. The number of carboxylic acids is 1. The first-order chi connectivity index (χ1) is 7.29. The largest absolute Gasteiger partial charge is 0.478 e. The minimum Gasteiger partial charge on any atom is -0.478 e. The first-order valence-corrected chi connectivity index (χ1v) is 5.02. The van der Waals surface area contributed by atoms with Gasteiger partial charge in [0.15, 0.2) is 0 Å². The van der Waals surface area contributed by atoms with E-state index < -0.39 is 5.97 Å². The highest BCUT2D eigenvalue weighted by Crippen LogP contribution is 2.19. The molecule has 0 aliphatic rings. The lowest BCUT2D eigenvalue weighted by Gasteiger charge is -2.19. The van der Waals surface area contributed by atoms with Crippen molar-refractivity contribution in [2.24, 2.45) is 5.41 Å². The van der Waals surface area contributed by atoms with Crippen molar-refractivity contribution in [1.82, 2.24) is 4.98 Å². The number of carboxylic acid groups (broad SMARTS) is 1. The zero-order valence-corrected chi connectivity index (χ0v) is 9.74. The summed E-state index contributed by atoms with van der Waals surface area (Å²) in [5.74, 6) is -0.499. The van der Waals surface area contributed by atoms with Gasteiger partial charge in [-0.15, -0.1) is 0 Å². The Labute approximate surface area is 94.7 Å². The van der Waals surface area contributed by atoms with E-state index in [1.165, 1.54) is 12.3 Å². The summed E-state index contributed by atoms with van der Waals surface area (Å²) in [6.45, 7) is 6.97. The van der Waals surface area contributed by atoms with Crippen molar-refractivity contribution < 1.29 is 9.90 Å². The zero-order valence-electron chi connectivity index (χ0n) is 9.74. The molecule has 0 aromatic carbocycles. The molecule has 0 aliphatic heterocycles. The van der Waals surface area contributed by atoms with Gasteiger partial charge in [0, 0.05) is 12.7 Å². The molecule has 0 unspecified atom stereocenters. The number of nitrogen functional groups attached to an aromatic ring is 1. The van der Waals surface area contributed by atoms with Crippen molar-refractivity contribution in [3.8, 4) is 0 Å². The molecule has 1 aromatic rings. The molecule has 1 heterocycles. The molecule has 0 saturated carbocycles. The lowest BCUT2D eigenvalue weighted by atomic mass is 9.97. The van der Waals surface area contributed by atoms with E-state index in [4.69, 9.17) is 10.8 Å². The van der Waals surface area contributed by atoms with E-state index in [1.54, 1.807) is 0 Å². The van der Waals surface area contributed by atoms with Crippen LogP contribution in [-0.2, 0) is 0 Å². The summed E-state index contributed by atoms with van der Waals surface area (Å²) in [5.41, 5.74) is 6.26. The molecule has 0 aliphatic carbocycles. The maximum Gasteiger partial charge on any atom is 0.337 e. The van der Waals surface area contributed by atoms with Crippen LogP contribution in [0.25, 0.3) is 0 Å². The standard InChI is InChI=1S/C11H17N3O2/c1-11(2,3)6-14-9-8(12)4-7(5-13-9)10(15)16/h4-5H,6,12H2,1-3H3,(H,13,14)(H,15,16). The van der Waals surface area contributed by atoms with Crippen molar-refractivity contribution in [2.75, 3.05) is 17.6 Å². The van der Waals surface area contributed by atoms with Crippen molar-refractivity contribution in [3.05, 3.63) is 17.8 Å². The van der Waals surface area contributed by atoms with Gasteiger partial charge in [0.05, 0.1) is 11.3 Å². The molecule has 0 radical (unpaired) electrons. The van der Waals surface area contributed by atoms with Crippen molar-refractivity contribution in [3.63, 3.8) is 0 Å². The van der Waals surface area contributed by atoms with Crippen LogP contribution in [0.1, 0.15) is 31.1 Å². The van der Waals surface area contributed by atoms with Gasteiger partial charge in [0.2, 0.25) is 0 Å². The van der Waals surface area contributed by atoms with Gasteiger partial charge in [-0.05, 0) is 11.5 Å². The minimum atomic E-state index is -1.03. The van der Waals surface area contributed by atoms with Gasteiger partial charge in [-0.2, -0.15) is 0 Å². The molecule has 0 atom stereocenters. The quantitative estimate of drug-likeness (QED) is 0.727. The van der Waals surface area contributed by atoms with Crippen LogP contribution in [0.4, 0.5) is 11.5 Å². The third-order valence-corrected chi connectivity index (χ3v) is 1.95. The monoisotopic (exact) mass is 223 g/mol. The predicted molar refractivity (Wildman–Crippen MR) is 63.6 cm³/mol. The second kappa shape index (κ2) is 4.38. The van der Waals surface area contributed by atoms with E-state index in [0.29, 0.717) is 11.5 Å². The highest BCUT2D eigenvalue weighted by Gasteiger charge is 2.12. The Morgan fingerprint density at radius 3 is 2.62 bits per heavy atom. The first kappa shape index (κ1) is 12.3. The normalized spacial score (nSPS) is 11.2. The van der Waals surface area contributed by atoms with E-state index in [-0.39, 0.29) is 11.0 Å². The number of nitrogens with two attached hydrogens (primary N) is 1. The van der Waals surface area contributed by atoms with Gasteiger partial charge in [-0.3, -0.25) is 0 Å². The molecule has 0 fully saturated rings. The predicted octanol–water partition coefficient (Wildman–Crippen LogP) is 1.82.